The molecule has 3 aromatic carbocycles. The van der Waals surface area contributed by atoms with Crippen molar-refractivity contribution in [1.82, 2.24) is 4.57 Å². The van der Waals surface area contributed by atoms with Crippen molar-refractivity contribution in [1.29, 1.82) is 0 Å². The Labute approximate surface area is 279 Å². The van der Waals surface area contributed by atoms with Crippen molar-refractivity contribution in [2.24, 2.45) is 0 Å². The van der Waals surface area contributed by atoms with E-state index in [-0.39, 0.29) is 40.4 Å². The smallest absolute Gasteiger partial charge is 0.354 e. The lowest BCUT2D eigenvalue weighted by Crippen LogP contribution is -2.33. The fourth-order valence-corrected chi connectivity index (χ4v) is 7.75. The Kier molecular flexibility index (Phi) is 7.69. The van der Waals surface area contributed by atoms with Gasteiger partial charge in [-0.2, -0.15) is 0 Å². The van der Waals surface area contributed by atoms with Crippen molar-refractivity contribution in [2.75, 3.05) is 13.7 Å². The third kappa shape index (κ3) is 5.22. The summed E-state index contributed by atoms with van der Waals surface area (Å²) in [5, 5.41) is 11.5. The number of aryl methyl sites for hydroxylation is 2. The maximum atomic E-state index is 14.5. The van der Waals surface area contributed by atoms with Crippen LogP contribution in [0.15, 0.2) is 103 Å². The van der Waals surface area contributed by atoms with Crippen LogP contribution in [0, 0.1) is 0 Å². The highest BCUT2D eigenvalue weighted by Crippen LogP contribution is 2.42. The van der Waals surface area contributed by atoms with Gasteiger partial charge in [0.2, 0.25) is 0 Å². The first-order chi connectivity index (χ1) is 23.2. The molecular formula is C37H33NO9S. The Balaban J connectivity index is 1.19. The van der Waals surface area contributed by atoms with Crippen LogP contribution in [0.2, 0.25) is 0 Å². The molecule has 246 valence electrons. The predicted octanol–water partition coefficient (Wildman–Crippen LogP) is 5.84. The van der Waals surface area contributed by atoms with Crippen LogP contribution < -0.4 is 15.9 Å². The Bertz CT molecular complexity index is 2140. The summed E-state index contributed by atoms with van der Waals surface area (Å²) in [4.78, 5) is 28.5. The summed E-state index contributed by atoms with van der Waals surface area (Å²) < 4.78 is 37.1. The van der Waals surface area contributed by atoms with Crippen LogP contribution in [-0.2, 0) is 31.8 Å². The molecule has 10 nitrogen and oxygen atoms in total. The zero-order valence-corrected chi connectivity index (χ0v) is 27.3. The van der Waals surface area contributed by atoms with E-state index in [1.165, 1.54) is 0 Å². The Morgan fingerprint density at radius 2 is 1.67 bits per heavy atom. The van der Waals surface area contributed by atoms with Crippen LogP contribution >= 0.6 is 11.8 Å². The number of fused-ring (bicyclic) bond motifs is 6. The zero-order chi connectivity index (χ0) is 33.2. The summed E-state index contributed by atoms with van der Waals surface area (Å²) in [6.07, 6.45) is -0.462. The van der Waals surface area contributed by atoms with Gasteiger partial charge >= 0.3 is 5.63 Å². The number of aromatic nitrogens is 1. The lowest BCUT2D eigenvalue weighted by Gasteiger charge is -2.25. The molecule has 0 unspecified atom stereocenters. The molecule has 11 heteroatoms. The third-order valence-electron chi connectivity index (χ3n) is 8.99. The van der Waals surface area contributed by atoms with Gasteiger partial charge in [0.1, 0.15) is 41.0 Å². The number of hydrogen-bond donors (Lipinski definition) is 1. The number of hydrogen-bond acceptors (Lipinski definition) is 10. The van der Waals surface area contributed by atoms with Crippen LogP contribution in [-0.4, -0.2) is 53.8 Å². The molecule has 0 saturated carbocycles. The van der Waals surface area contributed by atoms with E-state index in [9.17, 15) is 14.7 Å². The highest BCUT2D eigenvalue weighted by molar-refractivity contribution is 7.99. The maximum absolute atomic E-state index is 14.5. The average molecular weight is 668 g/mol. The summed E-state index contributed by atoms with van der Waals surface area (Å²) in [7, 11) is 1.57. The molecule has 0 bridgehead atoms. The minimum atomic E-state index is -0.751. The van der Waals surface area contributed by atoms with E-state index in [1.807, 2.05) is 68.4 Å². The second-order valence-corrected chi connectivity index (χ2v) is 13.5. The minimum Gasteiger partial charge on any atom is -0.505 e. The molecule has 2 aliphatic heterocycles. The second kappa shape index (κ2) is 11.9. The number of pyridine rings is 1. The number of aromatic hydroxyl groups is 1. The molecule has 4 atom stereocenters. The van der Waals surface area contributed by atoms with E-state index in [4.69, 9.17) is 28.1 Å². The van der Waals surface area contributed by atoms with Gasteiger partial charge in [-0.25, -0.2) is 4.79 Å². The summed E-state index contributed by atoms with van der Waals surface area (Å²) in [6.45, 7) is 3.92. The van der Waals surface area contributed by atoms with Crippen LogP contribution in [0.25, 0.3) is 27.9 Å². The largest absolute Gasteiger partial charge is 0.505 e. The normalized spacial score (nSPS) is 22.3. The van der Waals surface area contributed by atoms with Gasteiger partial charge in [-0.3, -0.25) is 9.36 Å². The summed E-state index contributed by atoms with van der Waals surface area (Å²) in [5.41, 5.74) is 2.75. The van der Waals surface area contributed by atoms with Gasteiger partial charge in [-0.1, -0.05) is 54.2 Å². The molecule has 0 radical (unpaired) electrons. The highest BCUT2D eigenvalue weighted by atomic mass is 32.2. The standard InChI is InChI=1S/C37H33NO9S/c1-37(2)46-31-26(44-36(42-3)32(31)47-37)19-43-22-16-14-21(15-17-22)38-28-24-12-8-7-9-20(24)13-18-25(28)30-27(34(38)40)29(39)33(35(41)45-30)48-23-10-5-4-6-11-23/h4-12,14-17,26,31-32,36,39H,13,18-19H2,1-3H3/t26-,31-,32-,36-/m1/s1. The Morgan fingerprint density at radius 3 is 2.44 bits per heavy atom. The molecule has 1 aliphatic carbocycles. The molecule has 2 saturated heterocycles. The zero-order valence-electron chi connectivity index (χ0n) is 26.5. The van der Waals surface area contributed by atoms with Gasteiger partial charge in [0, 0.05) is 28.8 Å². The van der Waals surface area contributed by atoms with Gasteiger partial charge in [-0.15, -0.1) is 0 Å². The molecule has 2 fully saturated rings. The molecule has 0 amide bonds. The van der Waals surface area contributed by atoms with E-state index < -0.39 is 29.4 Å². The van der Waals surface area contributed by atoms with Crippen molar-refractivity contribution in [3.05, 3.63) is 111 Å². The topological polar surface area (TPSA) is 119 Å². The Hall–Kier alpha value is -4.39. The molecule has 2 aromatic heterocycles. The van der Waals surface area contributed by atoms with Crippen molar-refractivity contribution < 1.29 is 33.2 Å². The second-order valence-electron chi connectivity index (χ2n) is 12.5. The lowest BCUT2D eigenvalue weighted by atomic mass is 9.87. The SMILES string of the molecule is CO[C@@H]1O[C@H](COc2ccc(-n3c4c(c5oc(=O)c(Sc6ccccc6)c(O)c5c3=O)CCc3ccccc3-4)cc2)[C@H]2OC(C)(C)O[C@@H]12. The van der Waals surface area contributed by atoms with E-state index in [0.717, 1.165) is 27.8 Å². The van der Waals surface area contributed by atoms with Gasteiger partial charge in [0.25, 0.3) is 5.56 Å². The van der Waals surface area contributed by atoms with Crippen LogP contribution in [0.4, 0.5) is 0 Å². The first kappa shape index (κ1) is 30.9. The number of benzene rings is 3. The first-order valence-electron chi connectivity index (χ1n) is 15.8. The summed E-state index contributed by atoms with van der Waals surface area (Å²) in [5.74, 6) is -0.573. The first-order valence-corrected chi connectivity index (χ1v) is 16.6. The fraction of sp³-hybridized carbons (Fsp3) is 0.297. The van der Waals surface area contributed by atoms with Gasteiger partial charge < -0.3 is 33.2 Å². The lowest BCUT2D eigenvalue weighted by molar-refractivity contribution is -0.229. The summed E-state index contributed by atoms with van der Waals surface area (Å²) >= 11 is 1.06. The van der Waals surface area contributed by atoms with Crippen molar-refractivity contribution >= 4 is 22.7 Å². The number of ether oxygens (including phenoxy) is 5. The van der Waals surface area contributed by atoms with Crippen molar-refractivity contribution in [2.45, 2.75) is 66.9 Å². The third-order valence-corrected chi connectivity index (χ3v) is 10.1. The van der Waals surface area contributed by atoms with E-state index in [2.05, 4.69) is 0 Å². The molecule has 1 N–H and O–H groups in total. The van der Waals surface area contributed by atoms with E-state index in [1.54, 1.807) is 35.9 Å². The molecule has 3 aliphatic rings. The monoisotopic (exact) mass is 667 g/mol. The van der Waals surface area contributed by atoms with Crippen LogP contribution in [0.1, 0.15) is 25.0 Å². The van der Waals surface area contributed by atoms with Crippen LogP contribution in [0.5, 0.6) is 11.5 Å². The minimum absolute atomic E-state index is 0.0335. The van der Waals surface area contributed by atoms with Gasteiger partial charge in [0.05, 0.1) is 5.69 Å². The van der Waals surface area contributed by atoms with Crippen molar-refractivity contribution in [3.63, 3.8) is 0 Å². The number of rotatable bonds is 7. The quantitative estimate of drug-likeness (QED) is 0.227. The Morgan fingerprint density at radius 1 is 0.938 bits per heavy atom. The van der Waals surface area contributed by atoms with Gasteiger partial charge in [0.15, 0.2) is 23.4 Å². The molecule has 4 heterocycles. The maximum Gasteiger partial charge on any atom is 0.354 e. The molecule has 48 heavy (non-hydrogen) atoms. The molecular weight excluding hydrogens is 634 g/mol. The summed E-state index contributed by atoms with van der Waals surface area (Å²) in [6, 6.07) is 24.2. The number of nitrogens with zero attached hydrogens (tertiary/aromatic N) is 1. The predicted molar refractivity (Wildman–Crippen MR) is 178 cm³/mol. The number of methoxy groups -OCH3 is 1. The van der Waals surface area contributed by atoms with E-state index >= 15 is 0 Å². The molecule has 5 aromatic rings. The molecule has 8 rings (SSSR count). The van der Waals surface area contributed by atoms with Crippen molar-refractivity contribution in [3.8, 4) is 28.4 Å². The van der Waals surface area contributed by atoms with E-state index in [0.29, 0.717) is 35.5 Å². The fourth-order valence-electron chi connectivity index (χ4n) is 6.90. The van der Waals surface area contributed by atoms with Crippen LogP contribution in [0.3, 0.4) is 0 Å². The average Bonchev–Trinajstić information content (AvgIpc) is 3.58. The highest BCUT2D eigenvalue weighted by Gasteiger charge is 2.55. The molecule has 0 spiro atoms. The van der Waals surface area contributed by atoms with Gasteiger partial charge in [-0.05, 0) is 68.7 Å².